The normalized spacial score (nSPS) is 14.4. The van der Waals surface area contributed by atoms with Gasteiger partial charge in [-0.05, 0) is 30.9 Å². The lowest BCUT2D eigenvalue weighted by molar-refractivity contribution is 0.0934. The first-order chi connectivity index (χ1) is 9.15. The van der Waals surface area contributed by atoms with E-state index >= 15 is 0 Å². The van der Waals surface area contributed by atoms with Crippen LogP contribution in [0.1, 0.15) is 27.3 Å². The molecule has 1 amide bonds. The summed E-state index contributed by atoms with van der Waals surface area (Å²) >= 11 is 0. The quantitative estimate of drug-likeness (QED) is 0.754. The van der Waals surface area contributed by atoms with E-state index in [0.717, 1.165) is 18.5 Å². The molecule has 0 fully saturated rings. The van der Waals surface area contributed by atoms with Gasteiger partial charge in [-0.1, -0.05) is 24.3 Å². The van der Waals surface area contributed by atoms with Crippen LogP contribution in [0.25, 0.3) is 0 Å². The lowest BCUT2D eigenvalue weighted by Crippen LogP contribution is -2.35. The number of hydrogen-bond acceptors (Lipinski definition) is 3. The molecule has 0 saturated carbocycles. The predicted octanol–water partition coefficient (Wildman–Crippen LogP) is 1.20. The highest BCUT2D eigenvalue weighted by Crippen LogP contribution is 2.22. The van der Waals surface area contributed by atoms with Crippen LogP contribution in [0.3, 0.4) is 0 Å². The van der Waals surface area contributed by atoms with E-state index in [9.17, 15) is 4.79 Å². The maximum atomic E-state index is 12.1. The van der Waals surface area contributed by atoms with Gasteiger partial charge in [-0.3, -0.25) is 9.89 Å². The molecule has 0 spiro atoms. The molecule has 2 aromatic rings. The van der Waals surface area contributed by atoms with Crippen molar-refractivity contribution in [3.8, 4) is 0 Å². The van der Waals surface area contributed by atoms with Gasteiger partial charge in [0, 0.05) is 6.04 Å². The Labute approximate surface area is 111 Å². The molecule has 1 aliphatic rings. The Morgan fingerprint density at radius 1 is 1.37 bits per heavy atom. The van der Waals surface area contributed by atoms with Crippen molar-refractivity contribution in [1.29, 1.82) is 0 Å². The van der Waals surface area contributed by atoms with E-state index in [1.165, 1.54) is 11.1 Å². The van der Waals surface area contributed by atoms with Crippen molar-refractivity contribution >= 4 is 11.6 Å². The Morgan fingerprint density at radius 3 is 2.53 bits per heavy atom. The van der Waals surface area contributed by atoms with E-state index in [4.69, 9.17) is 5.73 Å². The monoisotopic (exact) mass is 256 g/mol. The molecule has 1 aromatic heterocycles. The summed E-state index contributed by atoms with van der Waals surface area (Å²) in [5.74, 6) is -0.209. The smallest absolute Gasteiger partial charge is 0.274 e. The van der Waals surface area contributed by atoms with Crippen LogP contribution in [0.5, 0.6) is 0 Å². The van der Waals surface area contributed by atoms with Gasteiger partial charge in [0.1, 0.15) is 0 Å². The number of aromatic nitrogens is 2. The predicted molar refractivity (Wildman–Crippen MR) is 72.8 cm³/mol. The van der Waals surface area contributed by atoms with Crippen LogP contribution < -0.4 is 11.1 Å². The van der Waals surface area contributed by atoms with Gasteiger partial charge >= 0.3 is 0 Å². The van der Waals surface area contributed by atoms with Gasteiger partial charge in [0.2, 0.25) is 0 Å². The van der Waals surface area contributed by atoms with Gasteiger partial charge < -0.3 is 11.1 Å². The Hall–Kier alpha value is -2.30. The minimum absolute atomic E-state index is 0.126. The molecule has 0 radical (unpaired) electrons. The number of rotatable bonds is 2. The average molecular weight is 256 g/mol. The van der Waals surface area contributed by atoms with Crippen LogP contribution in [0.15, 0.2) is 24.3 Å². The molecule has 0 bridgehead atoms. The number of benzene rings is 1. The van der Waals surface area contributed by atoms with Crippen molar-refractivity contribution < 1.29 is 4.79 Å². The number of nitrogen functional groups attached to an aromatic ring is 1. The molecule has 98 valence electrons. The average Bonchev–Trinajstić information content (AvgIpc) is 2.93. The summed E-state index contributed by atoms with van der Waals surface area (Å²) in [4.78, 5) is 12.1. The Kier molecular flexibility index (Phi) is 2.74. The Morgan fingerprint density at radius 2 is 2.00 bits per heavy atom. The van der Waals surface area contributed by atoms with Gasteiger partial charge in [0.25, 0.3) is 5.91 Å². The van der Waals surface area contributed by atoms with Crippen molar-refractivity contribution in [3.63, 3.8) is 0 Å². The molecule has 1 heterocycles. The molecule has 0 atom stereocenters. The first-order valence-electron chi connectivity index (χ1n) is 6.33. The van der Waals surface area contributed by atoms with Crippen molar-refractivity contribution in [2.24, 2.45) is 0 Å². The van der Waals surface area contributed by atoms with Gasteiger partial charge in [0.05, 0.1) is 11.4 Å². The summed E-state index contributed by atoms with van der Waals surface area (Å²) in [6.07, 6.45) is 1.73. The van der Waals surface area contributed by atoms with Crippen LogP contribution >= 0.6 is 0 Å². The number of aryl methyl sites for hydroxylation is 1. The molecule has 5 nitrogen and oxygen atoms in total. The molecule has 1 aromatic carbocycles. The summed E-state index contributed by atoms with van der Waals surface area (Å²) in [6.45, 7) is 1.80. The van der Waals surface area contributed by atoms with E-state index in [-0.39, 0.29) is 17.6 Å². The number of aromatic amines is 1. The molecule has 3 rings (SSSR count). The van der Waals surface area contributed by atoms with Crippen LogP contribution in [-0.4, -0.2) is 22.1 Å². The first kappa shape index (κ1) is 11.8. The molecule has 1 aliphatic carbocycles. The third-order valence-electron chi connectivity index (χ3n) is 3.60. The standard InChI is InChI=1S/C14H16N4O/c1-8-12(15)13(18-17-8)14(19)16-11-6-9-4-2-3-5-10(9)7-11/h2-5,11H,6-7,15H2,1H3,(H,16,19)(H,17,18). The minimum Gasteiger partial charge on any atom is -0.395 e. The molecule has 4 N–H and O–H groups in total. The van der Waals surface area contributed by atoms with Crippen LogP contribution in [-0.2, 0) is 12.8 Å². The second-order valence-electron chi connectivity index (χ2n) is 4.96. The van der Waals surface area contributed by atoms with E-state index < -0.39 is 0 Å². The summed E-state index contributed by atoms with van der Waals surface area (Å²) in [5, 5.41) is 9.66. The summed E-state index contributed by atoms with van der Waals surface area (Å²) in [6, 6.07) is 8.39. The zero-order valence-electron chi connectivity index (χ0n) is 10.7. The second kappa shape index (κ2) is 4.42. The maximum absolute atomic E-state index is 12.1. The summed E-state index contributed by atoms with van der Waals surface area (Å²) in [7, 11) is 0. The molecular formula is C14H16N4O. The van der Waals surface area contributed by atoms with Crippen LogP contribution in [0.2, 0.25) is 0 Å². The Balaban J connectivity index is 1.71. The summed E-state index contributed by atoms with van der Waals surface area (Å²) < 4.78 is 0. The maximum Gasteiger partial charge on any atom is 0.274 e. The zero-order valence-corrected chi connectivity index (χ0v) is 10.7. The fourth-order valence-electron chi connectivity index (χ4n) is 2.53. The SMILES string of the molecule is Cc1[nH]nc(C(=O)NC2Cc3ccccc3C2)c1N. The van der Waals surface area contributed by atoms with Crippen molar-refractivity contribution in [3.05, 3.63) is 46.8 Å². The number of anilines is 1. The number of carbonyl (C=O) groups is 1. The lowest BCUT2D eigenvalue weighted by atomic mass is 10.1. The number of nitrogens with two attached hydrogens (primary N) is 1. The molecule has 5 heteroatoms. The van der Waals surface area contributed by atoms with Crippen molar-refractivity contribution in [2.75, 3.05) is 5.73 Å². The number of nitrogens with zero attached hydrogens (tertiary/aromatic N) is 1. The lowest BCUT2D eigenvalue weighted by Gasteiger charge is -2.10. The van der Waals surface area contributed by atoms with Crippen molar-refractivity contribution in [2.45, 2.75) is 25.8 Å². The number of hydrogen-bond donors (Lipinski definition) is 3. The molecule has 0 aliphatic heterocycles. The van der Waals surface area contributed by atoms with E-state index in [0.29, 0.717) is 5.69 Å². The minimum atomic E-state index is -0.209. The van der Waals surface area contributed by atoms with Crippen molar-refractivity contribution in [1.82, 2.24) is 15.5 Å². The Bertz CT molecular complexity index is 607. The molecule has 0 saturated heterocycles. The van der Waals surface area contributed by atoms with Crippen LogP contribution in [0, 0.1) is 6.92 Å². The number of carbonyl (C=O) groups excluding carboxylic acids is 1. The van der Waals surface area contributed by atoms with E-state index in [1.807, 2.05) is 12.1 Å². The third-order valence-corrected chi connectivity index (χ3v) is 3.60. The highest BCUT2D eigenvalue weighted by molar-refractivity contribution is 5.97. The zero-order chi connectivity index (χ0) is 13.4. The summed E-state index contributed by atoms with van der Waals surface area (Å²) in [5.41, 5.74) is 9.85. The fourth-order valence-corrected chi connectivity index (χ4v) is 2.53. The number of H-pyrrole nitrogens is 1. The molecule has 0 unspecified atom stereocenters. The molecule has 19 heavy (non-hydrogen) atoms. The highest BCUT2D eigenvalue weighted by Gasteiger charge is 2.24. The fraction of sp³-hybridized carbons (Fsp3) is 0.286. The highest BCUT2D eigenvalue weighted by atomic mass is 16.2. The second-order valence-corrected chi connectivity index (χ2v) is 4.96. The van der Waals surface area contributed by atoms with E-state index in [1.54, 1.807) is 6.92 Å². The van der Waals surface area contributed by atoms with Gasteiger partial charge in [-0.2, -0.15) is 5.10 Å². The van der Waals surface area contributed by atoms with Crippen LogP contribution in [0.4, 0.5) is 5.69 Å². The number of nitrogens with one attached hydrogen (secondary N) is 2. The largest absolute Gasteiger partial charge is 0.395 e. The topological polar surface area (TPSA) is 83.8 Å². The van der Waals surface area contributed by atoms with Gasteiger partial charge in [-0.15, -0.1) is 0 Å². The van der Waals surface area contributed by atoms with Gasteiger partial charge in [0.15, 0.2) is 5.69 Å². The number of fused-ring (bicyclic) bond motifs is 1. The first-order valence-corrected chi connectivity index (χ1v) is 6.33. The van der Waals surface area contributed by atoms with Gasteiger partial charge in [-0.25, -0.2) is 0 Å². The van der Waals surface area contributed by atoms with E-state index in [2.05, 4.69) is 27.6 Å². The number of amides is 1. The third kappa shape index (κ3) is 2.07. The molecular weight excluding hydrogens is 240 g/mol.